The van der Waals surface area contributed by atoms with E-state index in [-0.39, 0.29) is 24.0 Å². The highest BCUT2D eigenvalue weighted by atomic mass is 127. The van der Waals surface area contributed by atoms with Crippen LogP contribution in [0.4, 0.5) is 0 Å². The Kier molecular flexibility index (Phi) is 7.43. The van der Waals surface area contributed by atoms with E-state index >= 15 is 0 Å². The first-order chi connectivity index (χ1) is 10.7. The van der Waals surface area contributed by atoms with Gasteiger partial charge in [0, 0.05) is 30.7 Å². The highest BCUT2D eigenvalue weighted by Gasteiger charge is 2.18. The highest BCUT2D eigenvalue weighted by molar-refractivity contribution is 14.0. The second kappa shape index (κ2) is 9.08. The quantitative estimate of drug-likeness (QED) is 0.423. The van der Waals surface area contributed by atoms with Crippen LogP contribution in [0.2, 0.25) is 5.02 Å². The van der Waals surface area contributed by atoms with Gasteiger partial charge in [0.1, 0.15) is 0 Å². The number of hydrogen-bond donors (Lipinski definition) is 2. The number of nitrogens with one attached hydrogen (secondary N) is 1. The zero-order chi connectivity index (χ0) is 15.4. The second-order valence-electron chi connectivity index (χ2n) is 6.30. The lowest BCUT2D eigenvalue weighted by Crippen LogP contribution is -2.39. The molecule has 1 heterocycles. The third kappa shape index (κ3) is 5.22. The monoisotopic (exact) mass is 448 g/mol. The van der Waals surface area contributed by atoms with Crippen LogP contribution in [0, 0.1) is 0 Å². The van der Waals surface area contributed by atoms with Crippen LogP contribution in [0.25, 0.3) is 0 Å². The second-order valence-corrected chi connectivity index (χ2v) is 6.70. The molecule has 1 aromatic carbocycles. The molecule has 2 aliphatic rings. The minimum Gasteiger partial charge on any atom is -0.370 e. The molecule has 0 unspecified atom stereocenters. The number of halogens is 2. The van der Waals surface area contributed by atoms with Gasteiger partial charge in [0.15, 0.2) is 5.96 Å². The number of fused-ring (bicyclic) bond motifs is 1. The molecule has 3 rings (SSSR count). The van der Waals surface area contributed by atoms with Crippen LogP contribution < -0.4 is 11.1 Å². The molecule has 0 aromatic heterocycles. The number of nitrogens with zero attached hydrogens (tertiary/aromatic N) is 2. The van der Waals surface area contributed by atoms with Crippen LogP contribution in [0.1, 0.15) is 36.8 Å². The zero-order valence-corrected chi connectivity index (χ0v) is 16.5. The van der Waals surface area contributed by atoms with E-state index in [1.54, 1.807) is 0 Å². The van der Waals surface area contributed by atoms with Gasteiger partial charge in [-0.25, -0.2) is 0 Å². The molecule has 4 nitrogen and oxygen atoms in total. The third-order valence-corrected chi connectivity index (χ3v) is 5.05. The van der Waals surface area contributed by atoms with E-state index in [2.05, 4.69) is 21.3 Å². The van der Waals surface area contributed by atoms with Gasteiger partial charge in [0.2, 0.25) is 0 Å². The van der Waals surface area contributed by atoms with Crippen molar-refractivity contribution in [3.63, 3.8) is 0 Å². The van der Waals surface area contributed by atoms with E-state index in [0.717, 1.165) is 37.6 Å². The topological polar surface area (TPSA) is 53.6 Å². The van der Waals surface area contributed by atoms with Crippen molar-refractivity contribution in [1.82, 2.24) is 10.2 Å². The van der Waals surface area contributed by atoms with Gasteiger partial charge in [-0.1, -0.05) is 36.6 Å². The Labute approximate surface area is 160 Å². The summed E-state index contributed by atoms with van der Waals surface area (Å²) in [4.78, 5) is 6.89. The van der Waals surface area contributed by atoms with Crippen molar-refractivity contribution in [1.29, 1.82) is 0 Å². The Morgan fingerprint density at radius 1 is 1.35 bits per heavy atom. The molecule has 0 saturated heterocycles. The van der Waals surface area contributed by atoms with Crippen LogP contribution in [0.5, 0.6) is 0 Å². The summed E-state index contributed by atoms with van der Waals surface area (Å²) >= 11 is 6.25. The zero-order valence-electron chi connectivity index (χ0n) is 13.4. The van der Waals surface area contributed by atoms with E-state index in [0.29, 0.717) is 12.0 Å². The number of benzene rings is 1. The molecule has 0 spiro atoms. The van der Waals surface area contributed by atoms with E-state index in [4.69, 9.17) is 17.3 Å². The van der Waals surface area contributed by atoms with E-state index in [9.17, 15) is 0 Å². The van der Waals surface area contributed by atoms with Gasteiger partial charge in [-0.2, -0.15) is 0 Å². The Balaban J connectivity index is 0.00000192. The molecule has 23 heavy (non-hydrogen) atoms. The first-order valence-corrected chi connectivity index (χ1v) is 8.65. The minimum absolute atomic E-state index is 0. The lowest BCUT2D eigenvalue weighted by atomic mass is 10.00. The van der Waals surface area contributed by atoms with Crippen molar-refractivity contribution >= 4 is 41.5 Å². The Morgan fingerprint density at radius 3 is 2.91 bits per heavy atom. The molecule has 128 valence electrons. The molecule has 1 aliphatic carbocycles. The number of nitrogens with two attached hydrogens (primary N) is 1. The molecule has 1 fully saturated rings. The standard InChI is InChI=1S/C17H25ClN4.HI/c18-16-7-3-4-13-12-22(10-8-15(13)16)11-9-20-17(19)21-14-5-1-2-6-14;/h3-4,7,14H,1-2,5-6,8-12H2,(H3,19,20,21);1H. The molecule has 0 bridgehead atoms. The fraction of sp³-hybridized carbons (Fsp3) is 0.588. The van der Waals surface area contributed by atoms with Crippen molar-refractivity contribution in [3.05, 3.63) is 34.3 Å². The van der Waals surface area contributed by atoms with Crippen molar-refractivity contribution < 1.29 is 0 Å². The predicted octanol–water partition coefficient (Wildman–Crippen LogP) is 3.16. The average Bonchev–Trinajstić information content (AvgIpc) is 3.00. The van der Waals surface area contributed by atoms with Gasteiger partial charge in [-0.3, -0.25) is 9.89 Å². The van der Waals surface area contributed by atoms with Crippen LogP contribution in [-0.4, -0.2) is 36.5 Å². The lowest BCUT2D eigenvalue weighted by molar-refractivity contribution is 0.261. The van der Waals surface area contributed by atoms with E-state index < -0.39 is 0 Å². The fourth-order valence-corrected chi connectivity index (χ4v) is 3.74. The summed E-state index contributed by atoms with van der Waals surface area (Å²) in [6.07, 6.45) is 6.08. The van der Waals surface area contributed by atoms with E-state index in [1.165, 1.54) is 36.8 Å². The minimum atomic E-state index is 0. The lowest BCUT2D eigenvalue weighted by Gasteiger charge is -2.28. The van der Waals surface area contributed by atoms with Gasteiger partial charge in [-0.05, 0) is 36.5 Å². The van der Waals surface area contributed by atoms with Crippen molar-refractivity contribution in [2.75, 3.05) is 19.6 Å². The predicted molar refractivity (Wildman–Crippen MR) is 108 cm³/mol. The molecule has 0 amide bonds. The van der Waals surface area contributed by atoms with Gasteiger partial charge in [-0.15, -0.1) is 24.0 Å². The van der Waals surface area contributed by atoms with Crippen molar-refractivity contribution in [2.45, 2.75) is 44.7 Å². The summed E-state index contributed by atoms with van der Waals surface area (Å²) < 4.78 is 0. The maximum absolute atomic E-state index is 6.25. The molecule has 1 saturated carbocycles. The van der Waals surface area contributed by atoms with E-state index in [1.807, 2.05) is 12.1 Å². The van der Waals surface area contributed by atoms with Crippen LogP contribution in [0.15, 0.2) is 23.2 Å². The first-order valence-electron chi connectivity index (χ1n) is 8.27. The summed E-state index contributed by atoms with van der Waals surface area (Å²) in [5.74, 6) is 0.604. The molecule has 6 heteroatoms. The maximum atomic E-state index is 6.25. The fourth-order valence-electron chi connectivity index (χ4n) is 3.45. The van der Waals surface area contributed by atoms with Gasteiger partial charge in [0.05, 0.1) is 6.54 Å². The molecular formula is C17H26ClIN4. The largest absolute Gasteiger partial charge is 0.370 e. The SMILES string of the molecule is I.NC(=NCCN1CCc2c(Cl)cccc2C1)NC1CCCC1. The third-order valence-electron chi connectivity index (χ3n) is 4.69. The molecule has 0 radical (unpaired) electrons. The Bertz CT molecular complexity index is 543. The van der Waals surface area contributed by atoms with Crippen LogP contribution in [0.3, 0.4) is 0 Å². The van der Waals surface area contributed by atoms with Gasteiger partial charge >= 0.3 is 0 Å². The van der Waals surface area contributed by atoms with Gasteiger partial charge in [0.25, 0.3) is 0 Å². The number of aliphatic imine (C=N–C) groups is 1. The average molecular weight is 449 g/mol. The normalized spacial score (nSPS) is 19.3. The van der Waals surface area contributed by atoms with Crippen LogP contribution in [-0.2, 0) is 13.0 Å². The smallest absolute Gasteiger partial charge is 0.188 e. The summed E-state index contributed by atoms with van der Waals surface area (Å²) in [5, 5.41) is 4.23. The summed E-state index contributed by atoms with van der Waals surface area (Å²) in [7, 11) is 0. The molecule has 1 aromatic rings. The molecular weight excluding hydrogens is 423 g/mol. The Morgan fingerprint density at radius 2 is 2.13 bits per heavy atom. The first kappa shape index (κ1) is 18.8. The molecule has 1 aliphatic heterocycles. The maximum Gasteiger partial charge on any atom is 0.188 e. The number of hydrogen-bond acceptors (Lipinski definition) is 2. The summed E-state index contributed by atoms with van der Waals surface area (Å²) in [6, 6.07) is 6.72. The van der Waals surface area contributed by atoms with Crippen molar-refractivity contribution in [2.24, 2.45) is 10.7 Å². The molecule has 3 N–H and O–H groups in total. The number of guanidine groups is 1. The van der Waals surface area contributed by atoms with Crippen LogP contribution >= 0.6 is 35.6 Å². The summed E-state index contributed by atoms with van der Waals surface area (Å²) in [5.41, 5.74) is 8.63. The van der Waals surface area contributed by atoms with Crippen molar-refractivity contribution in [3.8, 4) is 0 Å². The molecule has 0 atom stereocenters. The van der Waals surface area contributed by atoms with Gasteiger partial charge < -0.3 is 11.1 Å². The Hall–Kier alpha value is -0.530. The highest BCUT2D eigenvalue weighted by Crippen LogP contribution is 2.25. The summed E-state index contributed by atoms with van der Waals surface area (Å²) in [6.45, 7) is 3.70. The number of rotatable bonds is 4.